The lowest BCUT2D eigenvalue weighted by molar-refractivity contribution is 0.583. The SMILES string of the molecule is CNCc1c(N(C)CCC(C)C)nc2sccn12. The van der Waals surface area contributed by atoms with Crippen molar-refractivity contribution in [2.75, 3.05) is 25.5 Å². The van der Waals surface area contributed by atoms with E-state index >= 15 is 0 Å². The number of rotatable bonds is 6. The normalized spacial score (nSPS) is 11.6. The van der Waals surface area contributed by atoms with Crippen LogP contribution in [0.4, 0.5) is 5.82 Å². The fourth-order valence-corrected chi connectivity index (χ4v) is 2.74. The second-order valence-electron chi connectivity index (χ2n) is 5.07. The van der Waals surface area contributed by atoms with Crippen molar-refractivity contribution in [3.8, 4) is 0 Å². The van der Waals surface area contributed by atoms with Gasteiger partial charge in [0.25, 0.3) is 0 Å². The molecular formula is C13H22N4S. The molecule has 0 unspecified atom stereocenters. The van der Waals surface area contributed by atoms with E-state index in [2.05, 4.69) is 47.1 Å². The zero-order valence-electron chi connectivity index (χ0n) is 11.6. The van der Waals surface area contributed by atoms with Crippen molar-refractivity contribution in [1.82, 2.24) is 14.7 Å². The number of nitrogens with zero attached hydrogens (tertiary/aromatic N) is 3. The molecule has 2 heterocycles. The number of anilines is 1. The van der Waals surface area contributed by atoms with Crippen molar-refractivity contribution in [3.05, 3.63) is 17.3 Å². The van der Waals surface area contributed by atoms with Crippen molar-refractivity contribution in [2.45, 2.75) is 26.8 Å². The van der Waals surface area contributed by atoms with Gasteiger partial charge in [-0.05, 0) is 19.4 Å². The van der Waals surface area contributed by atoms with Crippen LogP contribution >= 0.6 is 11.3 Å². The Kier molecular flexibility index (Phi) is 4.24. The maximum atomic E-state index is 4.74. The van der Waals surface area contributed by atoms with Crippen LogP contribution in [0.5, 0.6) is 0 Å². The lowest BCUT2D eigenvalue weighted by Crippen LogP contribution is -2.22. The van der Waals surface area contributed by atoms with Gasteiger partial charge in [-0.3, -0.25) is 4.40 Å². The zero-order valence-corrected chi connectivity index (χ0v) is 12.4. The molecule has 18 heavy (non-hydrogen) atoms. The van der Waals surface area contributed by atoms with E-state index in [1.165, 1.54) is 12.1 Å². The Balaban J connectivity index is 2.25. The molecule has 0 fully saturated rings. The number of hydrogen-bond donors (Lipinski definition) is 1. The number of imidazole rings is 1. The van der Waals surface area contributed by atoms with Crippen LogP contribution in [0.2, 0.25) is 0 Å². The van der Waals surface area contributed by atoms with Gasteiger partial charge >= 0.3 is 0 Å². The summed E-state index contributed by atoms with van der Waals surface area (Å²) in [6, 6.07) is 0. The third kappa shape index (κ3) is 2.67. The second kappa shape index (κ2) is 5.71. The highest BCUT2D eigenvalue weighted by Gasteiger charge is 2.15. The molecule has 0 aliphatic carbocycles. The molecule has 0 aromatic carbocycles. The predicted octanol–water partition coefficient (Wildman–Crippen LogP) is 2.60. The molecule has 1 N–H and O–H groups in total. The first-order valence-corrected chi connectivity index (χ1v) is 7.31. The fraction of sp³-hybridized carbons (Fsp3) is 0.615. The molecule has 0 radical (unpaired) electrons. The Bertz CT molecular complexity index is 500. The molecule has 0 aliphatic heterocycles. The van der Waals surface area contributed by atoms with Gasteiger partial charge in [0.05, 0.1) is 5.69 Å². The predicted molar refractivity (Wildman–Crippen MR) is 78.6 cm³/mol. The Labute approximate surface area is 113 Å². The van der Waals surface area contributed by atoms with Gasteiger partial charge < -0.3 is 10.2 Å². The third-order valence-electron chi connectivity index (χ3n) is 3.09. The average Bonchev–Trinajstić information content (AvgIpc) is 2.89. The second-order valence-corrected chi connectivity index (χ2v) is 5.95. The molecule has 5 heteroatoms. The summed E-state index contributed by atoms with van der Waals surface area (Å²) in [5, 5.41) is 5.31. The van der Waals surface area contributed by atoms with Crippen LogP contribution in [0.3, 0.4) is 0 Å². The summed E-state index contributed by atoms with van der Waals surface area (Å²) in [7, 11) is 4.11. The van der Waals surface area contributed by atoms with Gasteiger partial charge in [-0.15, -0.1) is 11.3 Å². The summed E-state index contributed by atoms with van der Waals surface area (Å²) in [6.45, 7) is 6.42. The van der Waals surface area contributed by atoms with Crippen LogP contribution in [-0.4, -0.2) is 30.0 Å². The van der Waals surface area contributed by atoms with Crippen molar-refractivity contribution >= 4 is 22.1 Å². The van der Waals surface area contributed by atoms with Crippen molar-refractivity contribution in [3.63, 3.8) is 0 Å². The lowest BCUT2D eigenvalue weighted by atomic mass is 10.1. The molecule has 0 saturated heterocycles. The molecule has 2 aromatic rings. The van der Waals surface area contributed by atoms with Gasteiger partial charge in [0, 0.05) is 31.7 Å². The van der Waals surface area contributed by atoms with E-state index in [0.717, 1.165) is 29.8 Å². The minimum absolute atomic E-state index is 0.726. The summed E-state index contributed by atoms with van der Waals surface area (Å²) in [4.78, 5) is 8.08. The maximum Gasteiger partial charge on any atom is 0.195 e. The van der Waals surface area contributed by atoms with Crippen molar-refractivity contribution in [2.24, 2.45) is 5.92 Å². The van der Waals surface area contributed by atoms with Gasteiger partial charge in [0.1, 0.15) is 0 Å². The Morgan fingerprint density at radius 1 is 1.50 bits per heavy atom. The lowest BCUT2D eigenvalue weighted by Gasteiger charge is -2.19. The monoisotopic (exact) mass is 266 g/mol. The molecule has 100 valence electrons. The molecule has 4 nitrogen and oxygen atoms in total. The molecule has 0 atom stereocenters. The van der Waals surface area contributed by atoms with E-state index in [9.17, 15) is 0 Å². The molecule has 0 spiro atoms. The van der Waals surface area contributed by atoms with Gasteiger partial charge in [0.15, 0.2) is 10.8 Å². The summed E-state index contributed by atoms with van der Waals surface area (Å²) >= 11 is 1.69. The van der Waals surface area contributed by atoms with Crippen molar-refractivity contribution in [1.29, 1.82) is 0 Å². The highest BCUT2D eigenvalue weighted by molar-refractivity contribution is 7.15. The maximum absolute atomic E-state index is 4.74. The number of fused-ring (bicyclic) bond motifs is 1. The fourth-order valence-electron chi connectivity index (χ4n) is 2.02. The van der Waals surface area contributed by atoms with Crippen LogP contribution in [-0.2, 0) is 6.54 Å². The number of nitrogens with one attached hydrogen (secondary N) is 1. The van der Waals surface area contributed by atoms with Crippen LogP contribution < -0.4 is 10.2 Å². The Hall–Kier alpha value is -1.07. The van der Waals surface area contributed by atoms with Crippen LogP contribution in [0.25, 0.3) is 4.96 Å². The molecular weight excluding hydrogens is 244 g/mol. The van der Waals surface area contributed by atoms with Gasteiger partial charge in [-0.2, -0.15) is 0 Å². The van der Waals surface area contributed by atoms with Gasteiger partial charge in [-0.1, -0.05) is 13.8 Å². The van der Waals surface area contributed by atoms with E-state index in [-0.39, 0.29) is 0 Å². The van der Waals surface area contributed by atoms with E-state index in [1.807, 2.05) is 7.05 Å². The van der Waals surface area contributed by atoms with Gasteiger partial charge in [0.2, 0.25) is 0 Å². The Morgan fingerprint density at radius 2 is 2.28 bits per heavy atom. The highest BCUT2D eigenvalue weighted by Crippen LogP contribution is 2.24. The first-order chi connectivity index (χ1) is 8.63. The largest absolute Gasteiger partial charge is 0.358 e. The van der Waals surface area contributed by atoms with Crippen LogP contribution in [0, 0.1) is 5.92 Å². The summed E-state index contributed by atoms with van der Waals surface area (Å²) in [5.74, 6) is 1.83. The number of thiazole rings is 1. The molecule has 0 amide bonds. The smallest absolute Gasteiger partial charge is 0.195 e. The van der Waals surface area contributed by atoms with Crippen molar-refractivity contribution < 1.29 is 0 Å². The molecule has 0 aliphatic rings. The van der Waals surface area contributed by atoms with E-state index in [0.29, 0.717) is 0 Å². The van der Waals surface area contributed by atoms with E-state index < -0.39 is 0 Å². The minimum atomic E-state index is 0.726. The van der Waals surface area contributed by atoms with E-state index in [4.69, 9.17) is 4.98 Å². The first-order valence-electron chi connectivity index (χ1n) is 6.43. The summed E-state index contributed by atoms with van der Waals surface area (Å²) < 4.78 is 2.18. The quantitative estimate of drug-likeness (QED) is 0.872. The molecule has 0 bridgehead atoms. The number of aromatic nitrogens is 2. The van der Waals surface area contributed by atoms with Crippen LogP contribution in [0.1, 0.15) is 26.0 Å². The highest BCUT2D eigenvalue weighted by atomic mass is 32.1. The van der Waals surface area contributed by atoms with Crippen LogP contribution in [0.15, 0.2) is 11.6 Å². The average molecular weight is 266 g/mol. The van der Waals surface area contributed by atoms with Gasteiger partial charge in [-0.25, -0.2) is 4.98 Å². The number of hydrogen-bond acceptors (Lipinski definition) is 4. The first kappa shape index (κ1) is 13.4. The molecule has 0 saturated carbocycles. The standard InChI is InChI=1S/C13H22N4S/c1-10(2)5-6-16(4)12-11(9-14-3)17-7-8-18-13(17)15-12/h7-8,10,14H,5-6,9H2,1-4H3. The minimum Gasteiger partial charge on any atom is -0.358 e. The summed E-state index contributed by atoms with van der Waals surface area (Å²) in [5.41, 5.74) is 1.25. The summed E-state index contributed by atoms with van der Waals surface area (Å²) in [6.07, 6.45) is 3.29. The molecule has 2 rings (SSSR count). The Morgan fingerprint density at radius 3 is 2.94 bits per heavy atom. The topological polar surface area (TPSA) is 32.6 Å². The molecule has 2 aromatic heterocycles. The zero-order chi connectivity index (χ0) is 13.1. The van der Waals surface area contributed by atoms with E-state index in [1.54, 1.807) is 11.3 Å². The third-order valence-corrected chi connectivity index (χ3v) is 3.84.